The summed E-state index contributed by atoms with van der Waals surface area (Å²) >= 11 is 0. The minimum Gasteiger partial charge on any atom is -0.256 e. The van der Waals surface area contributed by atoms with Crippen LogP contribution in [0.1, 0.15) is 5.56 Å². The number of nitrogens with zero attached hydrogens (tertiary/aromatic N) is 1. The summed E-state index contributed by atoms with van der Waals surface area (Å²) in [5, 5.41) is 2.53. The van der Waals surface area contributed by atoms with Gasteiger partial charge in [-0.2, -0.15) is 0 Å². The molecule has 0 radical (unpaired) electrons. The molecule has 0 N–H and O–H groups in total. The minimum atomic E-state index is 1.07. The van der Waals surface area contributed by atoms with Crippen molar-refractivity contribution in [3.63, 3.8) is 0 Å². The second-order valence-corrected chi connectivity index (χ2v) is 4.23. The van der Waals surface area contributed by atoms with Gasteiger partial charge < -0.3 is 0 Å². The van der Waals surface area contributed by atoms with E-state index in [-0.39, 0.29) is 0 Å². The van der Waals surface area contributed by atoms with Crippen molar-refractivity contribution in [1.82, 2.24) is 4.98 Å². The van der Waals surface area contributed by atoms with E-state index in [2.05, 4.69) is 60.4 Å². The number of pyridine rings is 1. The number of aryl methyl sites for hydroxylation is 1. The first-order chi connectivity index (χ1) is 8.34. The molecule has 0 saturated heterocycles. The Labute approximate surface area is 101 Å². The molecule has 1 aromatic heterocycles. The van der Waals surface area contributed by atoms with Gasteiger partial charge in [-0.3, -0.25) is 4.98 Å². The second-order valence-electron chi connectivity index (χ2n) is 4.23. The van der Waals surface area contributed by atoms with E-state index in [9.17, 15) is 0 Å². The molecule has 0 bridgehead atoms. The van der Waals surface area contributed by atoms with Gasteiger partial charge in [0.25, 0.3) is 0 Å². The van der Waals surface area contributed by atoms with E-state index in [0.717, 1.165) is 5.69 Å². The standard InChI is InChI=1S/C16H13N/c1-12-5-4-10-17-16(12)15-9-8-13-6-2-3-7-14(13)11-15/h2-11H,1H3. The summed E-state index contributed by atoms with van der Waals surface area (Å²) in [7, 11) is 0. The monoisotopic (exact) mass is 219 g/mol. The highest BCUT2D eigenvalue weighted by Gasteiger charge is 2.03. The summed E-state index contributed by atoms with van der Waals surface area (Å²) in [6.45, 7) is 2.09. The van der Waals surface area contributed by atoms with E-state index < -0.39 is 0 Å². The smallest absolute Gasteiger partial charge is 0.0731 e. The lowest BCUT2D eigenvalue weighted by Gasteiger charge is -2.05. The van der Waals surface area contributed by atoms with Crippen LogP contribution in [0.5, 0.6) is 0 Å². The normalized spacial score (nSPS) is 10.6. The summed E-state index contributed by atoms with van der Waals surface area (Å²) in [6.07, 6.45) is 1.84. The van der Waals surface area contributed by atoms with Gasteiger partial charge in [-0.05, 0) is 35.4 Å². The van der Waals surface area contributed by atoms with Gasteiger partial charge >= 0.3 is 0 Å². The fourth-order valence-electron chi connectivity index (χ4n) is 2.12. The van der Waals surface area contributed by atoms with Crippen LogP contribution in [0, 0.1) is 6.92 Å². The number of hydrogen-bond acceptors (Lipinski definition) is 1. The van der Waals surface area contributed by atoms with E-state index in [0.29, 0.717) is 0 Å². The molecular formula is C16H13N. The lowest BCUT2D eigenvalue weighted by atomic mass is 10.0. The Morgan fingerprint density at radius 1 is 0.824 bits per heavy atom. The van der Waals surface area contributed by atoms with Crippen LogP contribution >= 0.6 is 0 Å². The van der Waals surface area contributed by atoms with Gasteiger partial charge in [0, 0.05) is 11.8 Å². The molecule has 0 spiro atoms. The Morgan fingerprint density at radius 2 is 1.65 bits per heavy atom. The van der Waals surface area contributed by atoms with Crippen molar-refractivity contribution in [1.29, 1.82) is 0 Å². The fourth-order valence-corrected chi connectivity index (χ4v) is 2.12. The van der Waals surface area contributed by atoms with Crippen molar-refractivity contribution in [2.24, 2.45) is 0 Å². The van der Waals surface area contributed by atoms with Crippen LogP contribution in [0.4, 0.5) is 0 Å². The van der Waals surface area contributed by atoms with Gasteiger partial charge in [0.1, 0.15) is 0 Å². The van der Waals surface area contributed by atoms with Crippen molar-refractivity contribution in [2.75, 3.05) is 0 Å². The van der Waals surface area contributed by atoms with Crippen LogP contribution in [0.3, 0.4) is 0 Å². The third kappa shape index (κ3) is 1.80. The highest BCUT2D eigenvalue weighted by Crippen LogP contribution is 2.24. The molecule has 0 aliphatic rings. The molecular weight excluding hydrogens is 206 g/mol. The lowest BCUT2D eigenvalue weighted by Crippen LogP contribution is -1.87. The minimum absolute atomic E-state index is 1.07. The summed E-state index contributed by atoms with van der Waals surface area (Å²) in [6, 6.07) is 18.9. The van der Waals surface area contributed by atoms with Gasteiger partial charge in [0.2, 0.25) is 0 Å². The van der Waals surface area contributed by atoms with Crippen molar-refractivity contribution in [3.8, 4) is 11.3 Å². The first-order valence-electron chi connectivity index (χ1n) is 5.75. The second kappa shape index (κ2) is 4.02. The zero-order valence-corrected chi connectivity index (χ0v) is 9.72. The number of benzene rings is 2. The molecule has 0 saturated carbocycles. The van der Waals surface area contributed by atoms with E-state index in [1.807, 2.05) is 12.3 Å². The number of hydrogen-bond donors (Lipinski definition) is 0. The molecule has 1 heterocycles. The molecule has 82 valence electrons. The van der Waals surface area contributed by atoms with Gasteiger partial charge in [0.05, 0.1) is 5.69 Å². The molecule has 0 fully saturated rings. The SMILES string of the molecule is Cc1cccnc1-c1ccc2ccccc2c1. The molecule has 0 aliphatic carbocycles. The van der Waals surface area contributed by atoms with Crippen LogP contribution in [0.2, 0.25) is 0 Å². The van der Waals surface area contributed by atoms with Crippen LogP contribution in [-0.4, -0.2) is 4.98 Å². The van der Waals surface area contributed by atoms with Crippen LogP contribution in [0.25, 0.3) is 22.0 Å². The summed E-state index contributed by atoms with van der Waals surface area (Å²) in [5.74, 6) is 0. The maximum atomic E-state index is 4.46. The van der Waals surface area contributed by atoms with Gasteiger partial charge in [-0.25, -0.2) is 0 Å². The Balaban J connectivity index is 2.22. The molecule has 17 heavy (non-hydrogen) atoms. The Kier molecular flexibility index (Phi) is 2.37. The number of fused-ring (bicyclic) bond motifs is 1. The predicted octanol–water partition coefficient (Wildman–Crippen LogP) is 4.21. The van der Waals surface area contributed by atoms with Crippen molar-refractivity contribution in [2.45, 2.75) is 6.92 Å². The van der Waals surface area contributed by atoms with Gasteiger partial charge in [0.15, 0.2) is 0 Å². The quantitative estimate of drug-likeness (QED) is 0.597. The van der Waals surface area contributed by atoms with Crippen molar-refractivity contribution < 1.29 is 0 Å². The Hall–Kier alpha value is -2.15. The van der Waals surface area contributed by atoms with Crippen LogP contribution < -0.4 is 0 Å². The zero-order chi connectivity index (χ0) is 11.7. The molecule has 1 heteroatoms. The molecule has 0 unspecified atom stereocenters. The first-order valence-corrected chi connectivity index (χ1v) is 5.75. The van der Waals surface area contributed by atoms with E-state index in [1.54, 1.807) is 0 Å². The molecule has 0 aliphatic heterocycles. The molecule has 1 nitrogen and oxygen atoms in total. The lowest BCUT2D eigenvalue weighted by molar-refractivity contribution is 1.27. The maximum Gasteiger partial charge on any atom is 0.0731 e. The average molecular weight is 219 g/mol. The molecule has 2 aromatic carbocycles. The van der Waals surface area contributed by atoms with Crippen molar-refractivity contribution in [3.05, 3.63) is 66.4 Å². The topological polar surface area (TPSA) is 12.9 Å². The van der Waals surface area contributed by atoms with E-state index in [1.165, 1.54) is 21.9 Å². The molecule has 0 amide bonds. The Bertz CT molecular complexity index is 671. The van der Waals surface area contributed by atoms with Crippen LogP contribution in [-0.2, 0) is 0 Å². The first kappa shape index (κ1) is 10.0. The maximum absolute atomic E-state index is 4.46. The van der Waals surface area contributed by atoms with Crippen molar-refractivity contribution >= 4 is 10.8 Å². The molecule has 3 rings (SSSR count). The van der Waals surface area contributed by atoms with E-state index >= 15 is 0 Å². The summed E-state index contributed by atoms with van der Waals surface area (Å²) in [4.78, 5) is 4.46. The molecule has 3 aromatic rings. The fraction of sp³-hybridized carbons (Fsp3) is 0.0625. The highest BCUT2D eigenvalue weighted by molar-refractivity contribution is 5.87. The Morgan fingerprint density at radius 3 is 2.47 bits per heavy atom. The third-order valence-electron chi connectivity index (χ3n) is 3.03. The van der Waals surface area contributed by atoms with Crippen LogP contribution in [0.15, 0.2) is 60.8 Å². The average Bonchev–Trinajstić information content (AvgIpc) is 2.39. The highest BCUT2D eigenvalue weighted by atomic mass is 14.7. The molecule has 0 atom stereocenters. The van der Waals surface area contributed by atoms with E-state index in [4.69, 9.17) is 0 Å². The summed E-state index contributed by atoms with van der Waals surface area (Å²) in [5.41, 5.74) is 3.46. The predicted molar refractivity (Wildman–Crippen MR) is 71.9 cm³/mol. The number of aromatic nitrogens is 1. The largest absolute Gasteiger partial charge is 0.256 e. The zero-order valence-electron chi connectivity index (χ0n) is 9.72. The summed E-state index contributed by atoms with van der Waals surface area (Å²) < 4.78 is 0. The third-order valence-corrected chi connectivity index (χ3v) is 3.03. The van der Waals surface area contributed by atoms with Gasteiger partial charge in [-0.1, -0.05) is 42.5 Å². The van der Waals surface area contributed by atoms with Gasteiger partial charge in [-0.15, -0.1) is 0 Å². The number of rotatable bonds is 1.